The average Bonchev–Trinajstić information content (AvgIpc) is 2.41. The minimum Gasteiger partial charge on any atom is -0.489 e. The van der Waals surface area contributed by atoms with Crippen molar-refractivity contribution in [1.29, 1.82) is 0 Å². The van der Waals surface area contributed by atoms with E-state index < -0.39 is 11.6 Å². The van der Waals surface area contributed by atoms with Crippen LogP contribution in [0.3, 0.4) is 0 Å². The van der Waals surface area contributed by atoms with Crippen LogP contribution < -0.4 is 4.74 Å². The number of benzene rings is 2. The molecule has 0 saturated heterocycles. The highest BCUT2D eigenvalue weighted by molar-refractivity contribution is 5.29. The molecular weight excluding hydrogens is 246 g/mol. The second-order valence-electron chi connectivity index (χ2n) is 4.73. The van der Waals surface area contributed by atoms with Crippen LogP contribution in [0.25, 0.3) is 0 Å². The lowest BCUT2D eigenvalue weighted by molar-refractivity contribution is 0.297. The summed E-state index contributed by atoms with van der Waals surface area (Å²) in [5, 5.41) is 0. The van der Waals surface area contributed by atoms with Gasteiger partial charge in [-0.15, -0.1) is 0 Å². The Bertz CT molecular complexity index is 547. The number of hydrogen-bond donors (Lipinski definition) is 0. The Morgan fingerprint density at radius 1 is 1.00 bits per heavy atom. The van der Waals surface area contributed by atoms with E-state index in [1.165, 1.54) is 17.7 Å². The molecule has 0 aromatic heterocycles. The summed E-state index contributed by atoms with van der Waals surface area (Å²) in [6.45, 7) is 4.24. The van der Waals surface area contributed by atoms with E-state index in [1.807, 2.05) is 24.3 Å². The second-order valence-corrected chi connectivity index (χ2v) is 4.73. The Hall–Kier alpha value is -1.90. The molecule has 0 heterocycles. The highest BCUT2D eigenvalue weighted by Crippen LogP contribution is 2.20. The van der Waals surface area contributed by atoms with Crippen molar-refractivity contribution in [1.82, 2.24) is 0 Å². The lowest BCUT2D eigenvalue weighted by Gasteiger charge is -2.09. The van der Waals surface area contributed by atoms with Crippen molar-refractivity contribution >= 4 is 0 Å². The Kier molecular flexibility index (Phi) is 4.15. The molecule has 0 N–H and O–H groups in total. The third-order valence-electron chi connectivity index (χ3n) is 2.97. The fraction of sp³-hybridized carbons (Fsp3) is 0.250. The van der Waals surface area contributed by atoms with Gasteiger partial charge in [-0.05, 0) is 29.7 Å². The van der Waals surface area contributed by atoms with Gasteiger partial charge in [-0.2, -0.15) is 0 Å². The van der Waals surface area contributed by atoms with Crippen LogP contribution in [0.1, 0.15) is 30.9 Å². The lowest BCUT2D eigenvalue weighted by Crippen LogP contribution is -2.00. The molecule has 2 aromatic rings. The van der Waals surface area contributed by atoms with E-state index in [2.05, 4.69) is 13.8 Å². The van der Waals surface area contributed by atoms with Gasteiger partial charge in [0.1, 0.15) is 12.4 Å². The molecule has 2 rings (SSSR count). The van der Waals surface area contributed by atoms with Crippen molar-refractivity contribution in [2.45, 2.75) is 26.4 Å². The summed E-state index contributed by atoms with van der Waals surface area (Å²) in [6, 6.07) is 11.7. The maximum absolute atomic E-state index is 13.4. The summed E-state index contributed by atoms with van der Waals surface area (Å²) >= 11 is 0. The predicted molar refractivity (Wildman–Crippen MR) is 71.2 cm³/mol. The minimum atomic E-state index is -0.851. The van der Waals surface area contributed by atoms with Gasteiger partial charge in [-0.1, -0.05) is 38.1 Å². The van der Waals surface area contributed by atoms with Gasteiger partial charge in [0.05, 0.1) is 0 Å². The molecule has 0 aliphatic carbocycles. The zero-order valence-corrected chi connectivity index (χ0v) is 11.0. The predicted octanol–water partition coefficient (Wildman–Crippen LogP) is 4.67. The van der Waals surface area contributed by atoms with Crippen LogP contribution in [-0.2, 0) is 6.61 Å². The van der Waals surface area contributed by atoms with Gasteiger partial charge in [0, 0.05) is 5.56 Å². The van der Waals surface area contributed by atoms with E-state index in [0.29, 0.717) is 11.7 Å². The number of rotatable bonds is 4. The van der Waals surface area contributed by atoms with Gasteiger partial charge in [0.2, 0.25) is 0 Å². The zero-order chi connectivity index (χ0) is 13.8. The van der Waals surface area contributed by atoms with Gasteiger partial charge in [-0.3, -0.25) is 0 Å². The lowest BCUT2D eigenvalue weighted by atomic mass is 10.0. The molecule has 1 nitrogen and oxygen atoms in total. The molecule has 0 aliphatic rings. The SMILES string of the molecule is CC(C)c1ccc(OCc2cccc(F)c2F)cc1. The fourth-order valence-electron chi connectivity index (χ4n) is 1.77. The molecule has 0 spiro atoms. The van der Waals surface area contributed by atoms with E-state index in [0.717, 1.165) is 6.07 Å². The summed E-state index contributed by atoms with van der Waals surface area (Å²) in [7, 11) is 0. The first-order chi connectivity index (χ1) is 9.08. The monoisotopic (exact) mass is 262 g/mol. The number of halogens is 2. The highest BCUT2D eigenvalue weighted by Gasteiger charge is 2.08. The van der Waals surface area contributed by atoms with Crippen LogP contribution in [0, 0.1) is 11.6 Å². The Morgan fingerprint density at radius 2 is 1.68 bits per heavy atom. The summed E-state index contributed by atoms with van der Waals surface area (Å²) in [5.74, 6) is -0.597. The number of hydrogen-bond acceptors (Lipinski definition) is 1. The third kappa shape index (κ3) is 3.31. The van der Waals surface area contributed by atoms with Gasteiger partial charge >= 0.3 is 0 Å². The first-order valence-corrected chi connectivity index (χ1v) is 6.23. The van der Waals surface area contributed by atoms with Crippen molar-refractivity contribution < 1.29 is 13.5 Å². The summed E-state index contributed by atoms with van der Waals surface area (Å²) < 4.78 is 31.9. The average molecular weight is 262 g/mol. The van der Waals surface area contributed by atoms with Gasteiger partial charge in [-0.25, -0.2) is 8.78 Å². The number of ether oxygens (including phenoxy) is 1. The van der Waals surface area contributed by atoms with Gasteiger partial charge < -0.3 is 4.74 Å². The standard InChI is InChI=1S/C16H16F2O/c1-11(2)12-6-8-14(9-7-12)19-10-13-4-3-5-15(17)16(13)18/h3-9,11H,10H2,1-2H3. The molecule has 0 aliphatic heterocycles. The highest BCUT2D eigenvalue weighted by atomic mass is 19.2. The molecule has 0 unspecified atom stereocenters. The van der Waals surface area contributed by atoms with Crippen molar-refractivity contribution in [3.05, 3.63) is 65.2 Å². The third-order valence-corrected chi connectivity index (χ3v) is 2.97. The molecule has 100 valence electrons. The van der Waals surface area contributed by atoms with Crippen LogP contribution in [0.5, 0.6) is 5.75 Å². The molecule has 0 atom stereocenters. The summed E-state index contributed by atoms with van der Waals surface area (Å²) in [4.78, 5) is 0. The maximum atomic E-state index is 13.4. The molecule has 0 bridgehead atoms. The van der Waals surface area contributed by atoms with E-state index in [-0.39, 0.29) is 12.2 Å². The quantitative estimate of drug-likeness (QED) is 0.778. The largest absolute Gasteiger partial charge is 0.489 e. The zero-order valence-electron chi connectivity index (χ0n) is 11.0. The smallest absolute Gasteiger partial charge is 0.165 e. The summed E-state index contributed by atoms with van der Waals surface area (Å²) in [6.07, 6.45) is 0. The van der Waals surface area contributed by atoms with Crippen molar-refractivity contribution in [2.24, 2.45) is 0 Å². The Labute approximate surface area is 111 Å². The fourth-order valence-corrected chi connectivity index (χ4v) is 1.77. The van der Waals surface area contributed by atoms with E-state index in [4.69, 9.17) is 4.74 Å². The van der Waals surface area contributed by atoms with Gasteiger partial charge in [0.25, 0.3) is 0 Å². The van der Waals surface area contributed by atoms with Crippen molar-refractivity contribution in [3.8, 4) is 5.75 Å². The Morgan fingerprint density at radius 3 is 2.32 bits per heavy atom. The molecule has 0 amide bonds. The molecule has 2 aromatic carbocycles. The molecule has 3 heteroatoms. The van der Waals surface area contributed by atoms with Crippen molar-refractivity contribution in [3.63, 3.8) is 0 Å². The first-order valence-electron chi connectivity index (χ1n) is 6.23. The van der Waals surface area contributed by atoms with E-state index in [1.54, 1.807) is 0 Å². The molecular formula is C16H16F2O. The van der Waals surface area contributed by atoms with Crippen LogP contribution >= 0.6 is 0 Å². The van der Waals surface area contributed by atoms with Crippen molar-refractivity contribution in [2.75, 3.05) is 0 Å². The molecule has 0 saturated carbocycles. The van der Waals surface area contributed by atoms with E-state index in [9.17, 15) is 8.78 Å². The maximum Gasteiger partial charge on any atom is 0.165 e. The molecule has 0 fully saturated rings. The summed E-state index contributed by atoms with van der Waals surface area (Å²) in [5.41, 5.74) is 1.43. The van der Waals surface area contributed by atoms with Crippen LogP contribution in [0.2, 0.25) is 0 Å². The van der Waals surface area contributed by atoms with Crippen LogP contribution in [0.4, 0.5) is 8.78 Å². The normalized spacial score (nSPS) is 10.8. The van der Waals surface area contributed by atoms with Gasteiger partial charge in [0.15, 0.2) is 11.6 Å². The first kappa shape index (κ1) is 13.5. The van der Waals surface area contributed by atoms with Crippen LogP contribution in [0.15, 0.2) is 42.5 Å². The van der Waals surface area contributed by atoms with E-state index >= 15 is 0 Å². The Balaban J connectivity index is 2.04. The molecule has 19 heavy (non-hydrogen) atoms. The van der Waals surface area contributed by atoms with Crippen LogP contribution in [-0.4, -0.2) is 0 Å². The molecule has 0 radical (unpaired) electrons. The second kappa shape index (κ2) is 5.83. The minimum absolute atomic E-state index is 0.0185. The topological polar surface area (TPSA) is 9.23 Å².